The van der Waals surface area contributed by atoms with Gasteiger partial charge in [0.05, 0.1) is 22.8 Å². The van der Waals surface area contributed by atoms with Crippen molar-refractivity contribution >= 4 is 34.1 Å². The zero-order chi connectivity index (χ0) is 19.3. The summed E-state index contributed by atoms with van der Waals surface area (Å²) < 4.78 is 1.80. The van der Waals surface area contributed by atoms with Crippen molar-refractivity contribution in [1.29, 1.82) is 0 Å². The number of amides is 1. The van der Waals surface area contributed by atoms with E-state index in [1.807, 2.05) is 61.0 Å². The lowest BCUT2D eigenvalue weighted by Crippen LogP contribution is -2.14. The Morgan fingerprint density at radius 3 is 2.68 bits per heavy atom. The first kappa shape index (κ1) is 18.3. The van der Waals surface area contributed by atoms with Crippen LogP contribution in [0.25, 0.3) is 16.9 Å². The van der Waals surface area contributed by atoms with Gasteiger partial charge in [-0.05, 0) is 37.3 Å². The predicted octanol–water partition coefficient (Wildman–Crippen LogP) is 3.83. The van der Waals surface area contributed by atoms with E-state index < -0.39 is 0 Å². The van der Waals surface area contributed by atoms with E-state index >= 15 is 0 Å². The summed E-state index contributed by atoms with van der Waals surface area (Å²) in [5, 5.41) is 18.7. The number of aromatic nitrogens is 5. The molecule has 1 amide bonds. The van der Waals surface area contributed by atoms with Crippen molar-refractivity contribution < 1.29 is 4.79 Å². The first-order chi connectivity index (χ1) is 13.7. The number of rotatable bonds is 6. The van der Waals surface area contributed by atoms with Gasteiger partial charge in [-0.3, -0.25) is 4.79 Å². The first-order valence-electron chi connectivity index (χ1n) is 8.46. The summed E-state index contributed by atoms with van der Waals surface area (Å²) in [4.78, 5) is 16.2. The zero-order valence-corrected chi connectivity index (χ0v) is 16.6. The van der Waals surface area contributed by atoms with E-state index in [1.54, 1.807) is 10.9 Å². The maximum Gasteiger partial charge on any atom is 0.236 e. The van der Waals surface area contributed by atoms with Crippen molar-refractivity contribution in [3.63, 3.8) is 0 Å². The van der Waals surface area contributed by atoms with Crippen LogP contribution in [-0.4, -0.2) is 36.6 Å². The molecule has 4 rings (SSSR count). The lowest BCUT2D eigenvalue weighted by atomic mass is 10.1. The summed E-state index contributed by atoms with van der Waals surface area (Å²) in [6, 6.07) is 13.6. The maximum atomic E-state index is 12.0. The summed E-state index contributed by atoms with van der Waals surface area (Å²) >= 11 is 2.75. The molecular formula is C19H16N6OS2. The van der Waals surface area contributed by atoms with Crippen LogP contribution in [0.1, 0.15) is 5.69 Å². The zero-order valence-electron chi connectivity index (χ0n) is 14.9. The normalized spacial score (nSPS) is 10.8. The Kier molecular flexibility index (Phi) is 5.45. The third-order valence-electron chi connectivity index (χ3n) is 3.79. The molecule has 0 aliphatic heterocycles. The lowest BCUT2D eigenvalue weighted by Gasteiger charge is -2.05. The molecule has 28 heavy (non-hydrogen) atoms. The molecule has 140 valence electrons. The highest BCUT2D eigenvalue weighted by Crippen LogP contribution is 2.22. The molecule has 0 aliphatic carbocycles. The molecule has 9 heteroatoms. The van der Waals surface area contributed by atoms with E-state index in [0.29, 0.717) is 10.2 Å². The van der Waals surface area contributed by atoms with Gasteiger partial charge in [0.2, 0.25) is 5.91 Å². The number of thiazole rings is 1. The fraction of sp³-hybridized carbons (Fsp3) is 0.105. The van der Waals surface area contributed by atoms with Crippen molar-refractivity contribution in [2.45, 2.75) is 11.9 Å². The first-order valence-corrected chi connectivity index (χ1v) is 10.3. The Morgan fingerprint density at radius 1 is 1.18 bits per heavy atom. The quantitative estimate of drug-likeness (QED) is 0.488. The molecule has 0 spiro atoms. The van der Waals surface area contributed by atoms with Crippen LogP contribution in [0.15, 0.2) is 65.3 Å². The number of anilines is 1. The Labute approximate surface area is 169 Å². The molecular weight excluding hydrogens is 392 g/mol. The van der Waals surface area contributed by atoms with Gasteiger partial charge in [0.1, 0.15) is 5.03 Å². The van der Waals surface area contributed by atoms with Gasteiger partial charge in [-0.2, -0.15) is 5.10 Å². The van der Waals surface area contributed by atoms with Gasteiger partial charge in [-0.15, -0.1) is 21.5 Å². The topological polar surface area (TPSA) is 85.6 Å². The second kappa shape index (κ2) is 8.32. The van der Waals surface area contributed by atoms with Crippen LogP contribution in [0.3, 0.4) is 0 Å². The summed E-state index contributed by atoms with van der Waals surface area (Å²) in [5.74, 6) is 0.144. The number of nitrogens with one attached hydrogen (secondary N) is 1. The molecule has 0 saturated carbocycles. The van der Waals surface area contributed by atoms with E-state index in [1.165, 1.54) is 23.1 Å². The number of thioether (sulfide) groups is 1. The highest BCUT2D eigenvalue weighted by molar-refractivity contribution is 7.99. The second-order valence-corrected chi connectivity index (χ2v) is 7.74. The number of hydrogen-bond donors (Lipinski definition) is 1. The minimum absolute atomic E-state index is 0.112. The Morgan fingerprint density at radius 2 is 2.04 bits per heavy atom. The van der Waals surface area contributed by atoms with Crippen LogP contribution < -0.4 is 5.32 Å². The van der Waals surface area contributed by atoms with E-state index in [9.17, 15) is 4.79 Å². The molecule has 4 aromatic rings. The van der Waals surface area contributed by atoms with E-state index in [-0.39, 0.29) is 11.7 Å². The van der Waals surface area contributed by atoms with Gasteiger partial charge < -0.3 is 5.32 Å². The molecule has 1 N–H and O–H groups in total. The Balaban J connectivity index is 1.35. The number of hydrogen-bond acceptors (Lipinski definition) is 7. The third-order valence-corrected chi connectivity index (χ3v) is 5.58. The van der Waals surface area contributed by atoms with E-state index in [0.717, 1.165) is 22.6 Å². The van der Waals surface area contributed by atoms with Crippen LogP contribution in [-0.2, 0) is 4.79 Å². The highest BCUT2D eigenvalue weighted by Gasteiger charge is 2.08. The third kappa shape index (κ3) is 4.44. The lowest BCUT2D eigenvalue weighted by molar-refractivity contribution is -0.113. The van der Waals surface area contributed by atoms with Gasteiger partial charge >= 0.3 is 0 Å². The monoisotopic (exact) mass is 408 g/mol. The second-order valence-electron chi connectivity index (χ2n) is 5.89. The molecule has 0 aliphatic rings. The molecule has 0 unspecified atom stereocenters. The van der Waals surface area contributed by atoms with Crippen LogP contribution >= 0.6 is 23.1 Å². The number of carbonyl (C=O) groups is 1. The average molecular weight is 409 g/mol. The van der Waals surface area contributed by atoms with Gasteiger partial charge in [-0.1, -0.05) is 23.9 Å². The minimum atomic E-state index is -0.112. The predicted molar refractivity (Wildman–Crippen MR) is 111 cm³/mol. The average Bonchev–Trinajstić information content (AvgIpc) is 3.39. The molecule has 3 aromatic heterocycles. The van der Waals surface area contributed by atoms with Crippen LogP contribution in [0.5, 0.6) is 0 Å². The largest absolute Gasteiger partial charge is 0.301 e. The van der Waals surface area contributed by atoms with Crippen LogP contribution in [0, 0.1) is 6.92 Å². The van der Waals surface area contributed by atoms with Crippen molar-refractivity contribution in [3.05, 3.63) is 65.9 Å². The highest BCUT2D eigenvalue weighted by atomic mass is 32.2. The van der Waals surface area contributed by atoms with Crippen molar-refractivity contribution in [2.75, 3.05) is 11.1 Å². The Bertz CT molecular complexity index is 1060. The van der Waals surface area contributed by atoms with E-state index in [4.69, 9.17) is 0 Å². The van der Waals surface area contributed by atoms with Gasteiger partial charge in [0.15, 0.2) is 5.13 Å². The summed E-state index contributed by atoms with van der Waals surface area (Å²) in [7, 11) is 0. The Hall–Kier alpha value is -3.04. The molecule has 0 radical (unpaired) electrons. The van der Waals surface area contributed by atoms with Gasteiger partial charge in [-0.25, -0.2) is 9.67 Å². The van der Waals surface area contributed by atoms with Gasteiger partial charge in [0.25, 0.3) is 0 Å². The van der Waals surface area contributed by atoms with Crippen molar-refractivity contribution in [3.8, 4) is 16.9 Å². The number of benzene rings is 1. The molecule has 0 atom stereocenters. The fourth-order valence-corrected chi connectivity index (χ4v) is 3.78. The smallest absolute Gasteiger partial charge is 0.236 e. The maximum absolute atomic E-state index is 12.0. The molecule has 3 heterocycles. The van der Waals surface area contributed by atoms with Crippen molar-refractivity contribution in [2.24, 2.45) is 0 Å². The number of carbonyl (C=O) groups excluding carboxylic acids is 1. The molecule has 0 bridgehead atoms. The summed E-state index contributed by atoms with van der Waals surface area (Å²) in [6.45, 7) is 1.89. The summed E-state index contributed by atoms with van der Waals surface area (Å²) in [5.41, 5.74) is 3.62. The van der Waals surface area contributed by atoms with Crippen molar-refractivity contribution in [1.82, 2.24) is 25.0 Å². The van der Waals surface area contributed by atoms with Crippen LogP contribution in [0.2, 0.25) is 0 Å². The minimum Gasteiger partial charge on any atom is -0.301 e. The molecule has 0 fully saturated rings. The van der Waals surface area contributed by atoms with Crippen LogP contribution in [0.4, 0.5) is 5.13 Å². The van der Waals surface area contributed by atoms with Gasteiger partial charge in [0, 0.05) is 23.3 Å². The molecule has 1 aromatic carbocycles. The standard InChI is InChI=1S/C19H16N6OS2/c1-13-11-28-19(21-13)22-17(26)12-27-18-8-7-16(23-24-18)14-3-5-15(6-4-14)25-10-2-9-20-25/h2-11H,12H2,1H3,(H,21,22,26). The molecule has 0 saturated heterocycles. The molecule has 7 nitrogen and oxygen atoms in total. The SMILES string of the molecule is Cc1csc(NC(=O)CSc2ccc(-c3ccc(-n4cccn4)cc3)nn2)n1. The number of nitrogens with zero attached hydrogens (tertiary/aromatic N) is 5. The fourth-order valence-electron chi connectivity index (χ4n) is 2.46. The van der Waals surface area contributed by atoms with E-state index in [2.05, 4.69) is 25.6 Å². The summed E-state index contributed by atoms with van der Waals surface area (Å²) in [6.07, 6.45) is 3.64. The number of aryl methyl sites for hydroxylation is 1.